The second-order valence-electron chi connectivity index (χ2n) is 5.49. The number of likely N-dealkylation sites (N-methyl/N-ethyl adjacent to an activating group) is 1. The summed E-state index contributed by atoms with van der Waals surface area (Å²) < 4.78 is 5.39. The van der Waals surface area contributed by atoms with Gasteiger partial charge in [0, 0.05) is 38.7 Å². The summed E-state index contributed by atoms with van der Waals surface area (Å²) in [5, 5.41) is 6.86. The Labute approximate surface area is 139 Å². The number of hydrogen-bond acceptors (Lipinski definition) is 3. The molecule has 6 heteroatoms. The number of guanidine groups is 1. The van der Waals surface area contributed by atoms with Gasteiger partial charge in [0.15, 0.2) is 5.96 Å². The molecule has 2 rings (SSSR count). The van der Waals surface area contributed by atoms with Gasteiger partial charge in [-0.15, -0.1) is 24.0 Å². The van der Waals surface area contributed by atoms with Crippen molar-refractivity contribution in [2.24, 2.45) is 10.9 Å². The van der Waals surface area contributed by atoms with Crippen LogP contribution in [-0.4, -0.2) is 63.3 Å². The Bertz CT molecular complexity index is 295. The molecule has 0 aromatic rings. The highest BCUT2D eigenvalue weighted by Crippen LogP contribution is 2.15. The molecule has 0 aromatic heterocycles. The van der Waals surface area contributed by atoms with Crippen LogP contribution in [0.4, 0.5) is 0 Å². The maximum Gasteiger partial charge on any atom is 0.191 e. The summed E-state index contributed by atoms with van der Waals surface area (Å²) in [6, 6.07) is 0.665. The molecule has 2 saturated heterocycles. The van der Waals surface area contributed by atoms with Gasteiger partial charge in [0.05, 0.1) is 6.61 Å². The lowest BCUT2D eigenvalue weighted by Crippen LogP contribution is -2.45. The lowest BCUT2D eigenvalue weighted by Gasteiger charge is -2.24. The van der Waals surface area contributed by atoms with Gasteiger partial charge in [-0.2, -0.15) is 0 Å². The number of nitrogens with zero attached hydrogens (tertiary/aromatic N) is 2. The monoisotopic (exact) mass is 396 g/mol. The van der Waals surface area contributed by atoms with Crippen molar-refractivity contribution >= 4 is 29.9 Å². The number of halogens is 1. The van der Waals surface area contributed by atoms with Crippen LogP contribution in [0.1, 0.15) is 26.2 Å². The first-order valence-electron chi connectivity index (χ1n) is 7.59. The summed E-state index contributed by atoms with van der Waals surface area (Å²) in [4.78, 5) is 6.84. The van der Waals surface area contributed by atoms with E-state index in [1.807, 2.05) is 7.05 Å². The smallest absolute Gasteiger partial charge is 0.191 e. The number of ether oxygens (including phenoxy) is 1. The van der Waals surface area contributed by atoms with Gasteiger partial charge in [-0.1, -0.05) is 6.92 Å². The highest BCUT2D eigenvalue weighted by molar-refractivity contribution is 14.0. The number of likely N-dealkylation sites (tertiary alicyclic amines) is 1. The molecule has 2 unspecified atom stereocenters. The van der Waals surface area contributed by atoms with Crippen LogP contribution < -0.4 is 10.6 Å². The summed E-state index contributed by atoms with van der Waals surface area (Å²) in [6.07, 6.45) is 3.79. The summed E-state index contributed by atoms with van der Waals surface area (Å²) in [5.41, 5.74) is 0. The van der Waals surface area contributed by atoms with E-state index in [1.165, 1.54) is 19.4 Å². The Hall–Kier alpha value is -0.0800. The van der Waals surface area contributed by atoms with Gasteiger partial charge in [-0.25, -0.2) is 0 Å². The first-order chi connectivity index (χ1) is 9.33. The lowest BCUT2D eigenvalue weighted by molar-refractivity contribution is 0.186. The maximum absolute atomic E-state index is 5.39. The van der Waals surface area contributed by atoms with E-state index in [1.54, 1.807) is 0 Å². The molecular weight excluding hydrogens is 367 g/mol. The molecule has 0 amide bonds. The Morgan fingerprint density at radius 3 is 2.75 bits per heavy atom. The van der Waals surface area contributed by atoms with Crippen molar-refractivity contribution in [3.8, 4) is 0 Å². The van der Waals surface area contributed by atoms with Gasteiger partial charge in [0.1, 0.15) is 0 Å². The third-order valence-electron chi connectivity index (χ3n) is 4.22. The molecule has 2 heterocycles. The predicted molar refractivity (Wildman–Crippen MR) is 94.0 cm³/mol. The minimum Gasteiger partial charge on any atom is -0.381 e. The fraction of sp³-hybridized carbons (Fsp3) is 0.929. The summed E-state index contributed by atoms with van der Waals surface area (Å²) in [5.74, 6) is 1.56. The van der Waals surface area contributed by atoms with E-state index in [9.17, 15) is 0 Å². The molecule has 2 N–H and O–H groups in total. The highest BCUT2D eigenvalue weighted by Gasteiger charge is 2.23. The normalized spacial score (nSPS) is 27.4. The van der Waals surface area contributed by atoms with Crippen LogP contribution in [0.5, 0.6) is 0 Å². The van der Waals surface area contributed by atoms with Gasteiger partial charge in [-0.3, -0.25) is 9.89 Å². The van der Waals surface area contributed by atoms with Crippen LogP contribution in [-0.2, 0) is 4.74 Å². The zero-order chi connectivity index (χ0) is 13.5. The van der Waals surface area contributed by atoms with E-state index in [4.69, 9.17) is 4.74 Å². The maximum atomic E-state index is 5.39. The molecule has 0 radical (unpaired) electrons. The van der Waals surface area contributed by atoms with Gasteiger partial charge in [0.25, 0.3) is 0 Å². The average Bonchev–Trinajstić information content (AvgIpc) is 3.09. The second kappa shape index (κ2) is 9.78. The lowest BCUT2D eigenvalue weighted by atomic mass is 10.1. The molecule has 2 aliphatic heterocycles. The number of rotatable bonds is 5. The van der Waals surface area contributed by atoms with E-state index in [-0.39, 0.29) is 24.0 Å². The highest BCUT2D eigenvalue weighted by atomic mass is 127. The Morgan fingerprint density at radius 2 is 2.10 bits per heavy atom. The third kappa shape index (κ3) is 5.37. The van der Waals surface area contributed by atoms with Crippen molar-refractivity contribution in [3.63, 3.8) is 0 Å². The zero-order valence-electron chi connectivity index (χ0n) is 12.7. The van der Waals surface area contributed by atoms with Gasteiger partial charge < -0.3 is 15.4 Å². The molecule has 5 nitrogen and oxygen atoms in total. The number of nitrogens with one attached hydrogen (secondary N) is 2. The minimum atomic E-state index is 0. The largest absolute Gasteiger partial charge is 0.381 e. The van der Waals surface area contributed by atoms with Crippen LogP contribution in [0.2, 0.25) is 0 Å². The molecule has 2 aliphatic rings. The Morgan fingerprint density at radius 1 is 1.30 bits per heavy atom. The molecule has 0 aliphatic carbocycles. The van der Waals surface area contributed by atoms with E-state index >= 15 is 0 Å². The third-order valence-corrected chi connectivity index (χ3v) is 4.22. The second-order valence-corrected chi connectivity index (χ2v) is 5.49. The number of aliphatic imine (C=N–C) groups is 1. The van der Waals surface area contributed by atoms with Crippen molar-refractivity contribution in [3.05, 3.63) is 0 Å². The summed E-state index contributed by atoms with van der Waals surface area (Å²) >= 11 is 0. The van der Waals surface area contributed by atoms with Crippen molar-refractivity contribution in [2.75, 3.05) is 46.4 Å². The van der Waals surface area contributed by atoms with Gasteiger partial charge >= 0.3 is 0 Å². The van der Waals surface area contributed by atoms with E-state index in [2.05, 4.69) is 27.4 Å². The quantitative estimate of drug-likeness (QED) is 0.418. The van der Waals surface area contributed by atoms with Crippen LogP contribution in [0.3, 0.4) is 0 Å². The standard InChI is InChI=1S/C14H28N4O.HI/c1-3-18-7-4-5-13(18)10-17-14(15-2)16-9-12-6-8-19-11-12;/h12-13H,3-11H2,1-2H3,(H2,15,16,17);1H. The first kappa shape index (κ1) is 18.0. The van der Waals surface area contributed by atoms with Crippen LogP contribution in [0.25, 0.3) is 0 Å². The fourth-order valence-corrected chi connectivity index (χ4v) is 2.96. The SMILES string of the molecule is CCN1CCCC1CNC(=NC)NCC1CCOC1.I. The van der Waals surface area contributed by atoms with E-state index < -0.39 is 0 Å². The Balaban J connectivity index is 0.00000200. The fourth-order valence-electron chi connectivity index (χ4n) is 2.96. The topological polar surface area (TPSA) is 48.9 Å². The van der Waals surface area contributed by atoms with E-state index in [0.717, 1.165) is 45.2 Å². The van der Waals surface area contributed by atoms with Crippen molar-refractivity contribution < 1.29 is 4.74 Å². The molecule has 118 valence electrons. The van der Waals surface area contributed by atoms with E-state index in [0.29, 0.717) is 12.0 Å². The Kier molecular flexibility index (Phi) is 8.79. The zero-order valence-corrected chi connectivity index (χ0v) is 15.1. The van der Waals surface area contributed by atoms with Crippen molar-refractivity contribution in [2.45, 2.75) is 32.2 Å². The molecule has 0 saturated carbocycles. The molecular formula is C14H29IN4O. The van der Waals surface area contributed by atoms with Crippen LogP contribution in [0, 0.1) is 5.92 Å². The van der Waals surface area contributed by atoms with Crippen LogP contribution in [0.15, 0.2) is 4.99 Å². The molecule has 0 aromatic carbocycles. The number of hydrogen-bond donors (Lipinski definition) is 2. The molecule has 0 bridgehead atoms. The predicted octanol–water partition coefficient (Wildman–Crippen LogP) is 1.29. The summed E-state index contributed by atoms with van der Waals surface area (Å²) in [7, 11) is 1.84. The van der Waals surface area contributed by atoms with Crippen molar-refractivity contribution in [1.29, 1.82) is 0 Å². The minimum absolute atomic E-state index is 0. The molecule has 0 spiro atoms. The molecule has 20 heavy (non-hydrogen) atoms. The summed E-state index contributed by atoms with van der Waals surface area (Å²) in [6.45, 7) is 8.39. The van der Waals surface area contributed by atoms with Crippen LogP contribution >= 0.6 is 24.0 Å². The van der Waals surface area contributed by atoms with Crippen molar-refractivity contribution in [1.82, 2.24) is 15.5 Å². The van der Waals surface area contributed by atoms with Gasteiger partial charge in [-0.05, 0) is 32.4 Å². The molecule has 2 fully saturated rings. The average molecular weight is 396 g/mol. The molecule has 2 atom stereocenters. The first-order valence-corrected chi connectivity index (χ1v) is 7.59. The van der Waals surface area contributed by atoms with Gasteiger partial charge in [0.2, 0.25) is 0 Å².